The average Bonchev–Trinajstić information content (AvgIpc) is 2.70. The third-order valence-electron chi connectivity index (χ3n) is 5.27. The van der Waals surface area contributed by atoms with E-state index >= 15 is 0 Å². The summed E-state index contributed by atoms with van der Waals surface area (Å²) in [4.78, 5) is 25.7. The maximum absolute atomic E-state index is 11.6. The molecule has 27 heavy (non-hydrogen) atoms. The molecule has 1 saturated carbocycles. The molecule has 3 rings (SSSR count). The number of likely N-dealkylation sites (tertiary alicyclic amines) is 1. The van der Waals surface area contributed by atoms with Crippen LogP contribution in [-0.2, 0) is 16.1 Å². The van der Waals surface area contributed by atoms with Crippen molar-refractivity contribution in [2.24, 2.45) is 0 Å². The summed E-state index contributed by atoms with van der Waals surface area (Å²) in [6.45, 7) is 7.21. The number of likely N-dealkylation sites (N-methyl/N-ethyl adjacent to an activating group) is 1. The van der Waals surface area contributed by atoms with Crippen LogP contribution in [0.3, 0.4) is 0 Å². The maximum atomic E-state index is 11.6. The number of Topliss-reactive ketones (excluding diaryl/α,β-unsaturated/α-hetero) is 2. The molecule has 1 saturated heterocycles. The van der Waals surface area contributed by atoms with Gasteiger partial charge in [-0.3, -0.25) is 14.5 Å². The minimum atomic E-state index is -0.384. The summed E-state index contributed by atoms with van der Waals surface area (Å²) in [6.07, 6.45) is 4.73. The zero-order valence-corrected chi connectivity index (χ0v) is 16.2. The summed E-state index contributed by atoms with van der Waals surface area (Å²) in [7, 11) is 0. The van der Waals surface area contributed by atoms with Gasteiger partial charge >= 0.3 is 0 Å². The van der Waals surface area contributed by atoms with Crippen LogP contribution in [0.15, 0.2) is 24.3 Å². The molecule has 6 nitrogen and oxygen atoms in total. The van der Waals surface area contributed by atoms with Crippen LogP contribution in [0.5, 0.6) is 5.75 Å². The van der Waals surface area contributed by atoms with E-state index < -0.39 is 0 Å². The summed E-state index contributed by atoms with van der Waals surface area (Å²) >= 11 is 0. The van der Waals surface area contributed by atoms with Gasteiger partial charge in [0.1, 0.15) is 5.75 Å². The summed E-state index contributed by atoms with van der Waals surface area (Å²) in [5, 5.41) is 6.22. The molecule has 0 bridgehead atoms. The lowest BCUT2D eigenvalue weighted by atomic mass is 9.83. The predicted octanol–water partition coefficient (Wildman–Crippen LogP) is 1.53. The molecule has 2 unspecified atom stereocenters. The molecule has 2 aliphatic rings. The number of carbonyl (C=O) groups excluding carboxylic acids is 2. The number of carbonyl (C=O) groups is 2. The molecule has 2 fully saturated rings. The third-order valence-corrected chi connectivity index (χ3v) is 5.27. The number of piperidine rings is 1. The van der Waals surface area contributed by atoms with Gasteiger partial charge in [0.05, 0.1) is 18.7 Å². The second-order valence-corrected chi connectivity index (χ2v) is 7.38. The van der Waals surface area contributed by atoms with E-state index in [9.17, 15) is 9.59 Å². The SMILES string of the molecule is CCNC1C(=O)C(=O)C1NCCCOc1cccc(CN2CCCCC2)c1. The third kappa shape index (κ3) is 5.37. The number of ketones is 2. The molecule has 6 heteroatoms. The zero-order valence-electron chi connectivity index (χ0n) is 16.2. The largest absolute Gasteiger partial charge is 0.494 e. The van der Waals surface area contributed by atoms with Crippen molar-refractivity contribution in [1.82, 2.24) is 15.5 Å². The maximum Gasteiger partial charge on any atom is 0.219 e. The fourth-order valence-corrected chi connectivity index (χ4v) is 3.78. The van der Waals surface area contributed by atoms with Crippen molar-refractivity contribution in [2.75, 3.05) is 32.8 Å². The van der Waals surface area contributed by atoms with E-state index in [4.69, 9.17) is 4.74 Å². The summed E-state index contributed by atoms with van der Waals surface area (Å²) in [6, 6.07) is 7.57. The number of nitrogens with zero attached hydrogens (tertiary/aromatic N) is 1. The lowest BCUT2D eigenvalue weighted by molar-refractivity contribution is -0.147. The fourth-order valence-electron chi connectivity index (χ4n) is 3.78. The van der Waals surface area contributed by atoms with Gasteiger partial charge in [0.2, 0.25) is 11.6 Å². The minimum Gasteiger partial charge on any atom is -0.494 e. The smallest absolute Gasteiger partial charge is 0.219 e. The molecule has 0 aromatic heterocycles. The fraction of sp³-hybridized carbons (Fsp3) is 0.619. The van der Waals surface area contributed by atoms with Crippen LogP contribution in [-0.4, -0.2) is 61.3 Å². The molecule has 0 amide bonds. The van der Waals surface area contributed by atoms with Crippen molar-refractivity contribution < 1.29 is 14.3 Å². The Kier molecular flexibility index (Phi) is 7.38. The second kappa shape index (κ2) is 9.97. The first-order valence-electron chi connectivity index (χ1n) is 10.2. The van der Waals surface area contributed by atoms with Gasteiger partial charge in [0.25, 0.3) is 0 Å². The van der Waals surface area contributed by atoms with Crippen molar-refractivity contribution >= 4 is 11.6 Å². The van der Waals surface area contributed by atoms with Crippen molar-refractivity contribution in [1.29, 1.82) is 0 Å². The van der Waals surface area contributed by atoms with Gasteiger partial charge in [0.15, 0.2) is 0 Å². The van der Waals surface area contributed by atoms with Crippen LogP contribution in [0.2, 0.25) is 0 Å². The number of ether oxygens (including phenoxy) is 1. The van der Waals surface area contributed by atoms with E-state index in [0.717, 1.165) is 18.7 Å². The summed E-state index contributed by atoms with van der Waals surface area (Å²) in [5.74, 6) is 0.272. The zero-order chi connectivity index (χ0) is 19.1. The van der Waals surface area contributed by atoms with E-state index in [0.29, 0.717) is 19.7 Å². The van der Waals surface area contributed by atoms with Crippen molar-refractivity contribution in [3.05, 3.63) is 29.8 Å². The summed E-state index contributed by atoms with van der Waals surface area (Å²) < 4.78 is 5.87. The highest BCUT2D eigenvalue weighted by Crippen LogP contribution is 2.18. The van der Waals surface area contributed by atoms with Crippen LogP contribution >= 0.6 is 0 Å². The molecule has 2 N–H and O–H groups in total. The Morgan fingerprint density at radius 2 is 1.81 bits per heavy atom. The van der Waals surface area contributed by atoms with E-state index in [1.54, 1.807) is 0 Å². The molecule has 0 spiro atoms. The quantitative estimate of drug-likeness (QED) is 0.479. The van der Waals surface area contributed by atoms with Crippen LogP contribution in [0, 0.1) is 0 Å². The molecule has 1 aromatic carbocycles. The first kappa shape index (κ1) is 20.0. The lowest BCUT2D eigenvalue weighted by Gasteiger charge is -2.34. The van der Waals surface area contributed by atoms with Crippen LogP contribution in [0.25, 0.3) is 0 Å². The average molecular weight is 373 g/mol. The number of benzene rings is 1. The predicted molar refractivity (Wildman–Crippen MR) is 105 cm³/mol. The van der Waals surface area contributed by atoms with Crippen molar-refractivity contribution in [2.45, 2.75) is 51.2 Å². The highest BCUT2D eigenvalue weighted by molar-refractivity contribution is 6.49. The van der Waals surface area contributed by atoms with E-state index in [1.165, 1.54) is 37.9 Å². The topological polar surface area (TPSA) is 70.7 Å². The summed E-state index contributed by atoms with van der Waals surface area (Å²) in [5.41, 5.74) is 1.29. The molecular weight excluding hydrogens is 342 g/mol. The van der Waals surface area contributed by atoms with E-state index in [-0.39, 0.29) is 23.7 Å². The van der Waals surface area contributed by atoms with Crippen LogP contribution < -0.4 is 15.4 Å². The van der Waals surface area contributed by atoms with Gasteiger partial charge in [-0.25, -0.2) is 0 Å². The molecule has 148 valence electrons. The molecule has 1 heterocycles. The number of nitrogens with one attached hydrogen (secondary N) is 2. The van der Waals surface area contributed by atoms with Gasteiger partial charge in [-0.1, -0.05) is 25.5 Å². The first-order valence-corrected chi connectivity index (χ1v) is 10.2. The van der Waals surface area contributed by atoms with Crippen molar-refractivity contribution in [3.63, 3.8) is 0 Å². The van der Waals surface area contributed by atoms with Gasteiger partial charge in [0, 0.05) is 6.54 Å². The normalized spacial score (nSPS) is 23.3. The Morgan fingerprint density at radius 1 is 1.07 bits per heavy atom. The molecular formula is C21H31N3O3. The minimum absolute atomic E-state index is 0.309. The van der Waals surface area contributed by atoms with Gasteiger partial charge in [-0.05, 0) is 63.1 Å². The van der Waals surface area contributed by atoms with Crippen molar-refractivity contribution in [3.8, 4) is 5.75 Å². The van der Waals surface area contributed by atoms with Gasteiger partial charge in [-0.2, -0.15) is 0 Å². The second-order valence-electron chi connectivity index (χ2n) is 7.38. The number of rotatable bonds is 10. The Labute approximate surface area is 161 Å². The monoisotopic (exact) mass is 373 g/mol. The molecule has 0 radical (unpaired) electrons. The Morgan fingerprint density at radius 3 is 2.56 bits per heavy atom. The number of hydrogen-bond acceptors (Lipinski definition) is 6. The van der Waals surface area contributed by atoms with E-state index in [1.807, 2.05) is 19.1 Å². The lowest BCUT2D eigenvalue weighted by Crippen LogP contribution is -2.69. The molecule has 1 aromatic rings. The highest BCUT2D eigenvalue weighted by Gasteiger charge is 2.48. The molecule has 1 aliphatic carbocycles. The number of hydrogen-bond donors (Lipinski definition) is 2. The standard InChI is InChI=1S/C21H31N3O3/c1-2-22-18-19(21(26)20(18)25)23-10-7-13-27-17-9-6-8-16(14-17)15-24-11-4-3-5-12-24/h6,8-9,14,18-19,22-23H,2-5,7,10-13,15H2,1H3. The van der Waals surface area contributed by atoms with E-state index in [2.05, 4.69) is 27.7 Å². The molecule has 2 atom stereocenters. The molecule has 1 aliphatic heterocycles. The Bertz CT molecular complexity index is 643. The van der Waals surface area contributed by atoms with Gasteiger partial charge in [-0.15, -0.1) is 0 Å². The Balaban J connectivity index is 1.36. The van der Waals surface area contributed by atoms with Crippen LogP contribution in [0.1, 0.15) is 38.2 Å². The van der Waals surface area contributed by atoms with Crippen LogP contribution in [0.4, 0.5) is 0 Å². The first-order chi connectivity index (χ1) is 13.2. The van der Waals surface area contributed by atoms with Gasteiger partial charge < -0.3 is 15.4 Å². The highest BCUT2D eigenvalue weighted by atomic mass is 16.5. The Hall–Kier alpha value is -1.76.